The number of rotatable bonds is 18. The molecule has 1 fully saturated rings. The molecule has 1 aromatic carbocycles. The van der Waals surface area contributed by atoms with Crippen LogP contribution in [0.5, 0.6) is 5.75 Å². The quantitative estimate of drug-likeness (QED) is 0.0637. The second-order valence-corrected chi connectivity index (χ2v) is 22.9. The molecule has 2 atom stereocenters. The van der Waals surface area contributed by atoms with Crippen molar-refractivity contribution in [2.45, 2.75) is 115 Å². The Bertz CT molecular complexity index is 1770. The molecule has 3 aromatic heterocycles. The van der Waals surface area contributed by atoms with Gasteiger partial charge in [0, 0.05) is 56.8 Å². The van der Waals surface area contributed by atoms with Crippen LogP contribution in [0.2, 0.25) is 25.7 Å². The van der Waals surface area contributed by atoms with Crippen molar-refractivity contribution < 1.29 is 28.0 Å². The first-order valence-electron chi connectivity index (χ1n) is 18.0. The Morgan fingerprint density at radius 1 is 1.14 bits per heavy atom. The molecule has 0 bridgehead atoms. The van der Waals surface area contributed by atoms with Crippen molar-refractivity contribution >= 4 is 30.2 Å². The van der Waals surface area contributed by atoms with Crippen molar-refractivity contribution in [3.05, 3.63) is 64.8 Å². The summed E-state index contributed by atoms with van der Waals surface area (Å²) in [6.45, 7) is 17.3. The number of hydrogen-bond acceptors (Lipinski definition) is 10. The van der Waals surface area contributed by atoms with Gasteiger partial charge in [0.25, 0.3) is 5.56 Å². The number of nitrogens with zero attached hydrogens (tertiary/aromatic N) is 4. The lowest BCUT2D eigenvalue weighted by molar-refractivity contribution is -0.175. The van der Waals surface area contributed by atoms with E-state index in [0.29, 0.717) is 56.0 Å². The highest BCUT2D eigenvalue weighted by molar-refractivity contribution is 7.90. The smallest absolute Gasteiger partial charge is 0.258 e. The molecule has 0 amide bonds. The minimum absolute atomic E-state index is 0.0596. The maximum absolute atomic E-state index is 13.6. The second-order valence-electron chi connectivity index (χ2n) is 15.3. The van der Waals surface area contributed by atoms with Crippen LogP contribution in [-0.2, 0) is 44.6 Å². The molecule has 1 saturated heterocycles. The summed E-state index contributed by atoms with van der Waals surface area (Å²) in [6, 6.07) is 8.25. The van der Waals surface area contributed by atoms with Crippen LogP contribution in [0.15, 0.2) is 52.2 Å². The van der Waals surface area contributed by atoms with Crippen LogP contribution in [0.4, 0.5) is 0 Å². The van der Waals surface area contributed by atoms with E-state index in [1.54, 1.807) is 17.7 Å². The third-order valence-corrected chi connectivity index (χ3v) is 12.5. The van der Waals surface area contributed by atoms with Crippen LogP contribution < -0.4 is 15.0 Å². The Labute approximate surface area is 305 Å². The molecule has 1 aliphatic heterocycles. The standard InChI is InChI=1S/C37H55N5O7SSi/c1-9-41-17-14-27-23-29(32(45-5)24-28(27)35(41)43)31-25-38-34(42(31)26-46-21-22-51(6,7)8)30(40-50(44)36(2,3)4)13-11-10-12-16-37(47-19-20-48-37)33-15-18-49-39-33/h14-15,17-18,23-25,30,40H,9-13,16,19-22,26H2,1-8H3/t30?,50-/m1/s1. The van der Waals surface area contributed by atoms with Gasteiger partial charge in [-0.3, -0.25) is 4.79 Å². The molecule has 1 aliphatic rings. The molecule has 0 spiro atoms. The van der Waals surface area contributed by atoms with E-state index in [0.717, 1.165) is 47.8 Å². The number of benzene rings is 1. The molecule has 4 heterocycles. The Balaban J connectivity index is 1.45. The molecule has 5 rings (SSSR count). The maximum atomic E-state index is 13.6. The largest absolute Gasteiger partial charge is 0.598 e. The third kappa shape index (κ3) is 9.52. The molecule has 14 heteroatoms. The summed E-state index contributed by atoms with van der Waals surface area (Å²) in [5.41, 5.74) is 2.20. The van der Waals surface area contributed by atoms with E-state index >= 15 is 0 Å². The molecule has 12 nitrogen and oxygen atoms in total. The molecule has 1 N–H and O–H groups in total. The van der Waals surface area contributed by atoms with E-state index in [-0.39, 0.29) is 18.3 Å². The van der Waals surface area contributed by atoms with E-state index in [1.165, 1.54) is 6.26 Å². The number of methoxy groups -OCH3 is 1. The summed E-state index contributed by atoms with van der Waals surface area (Å²) >= 11 is -1.36. The van der Waals surface area contributed by atoms with Gasteiger partial charge in [-0.15, -0.1) is 4.72 Å². The van der Waals surface area contributed by atoms with Gasteiger partial charge in [0.1, 0.15) is 41.1 Å². The first kappa shape index (κ1) is 39.2. The van der Waals surface area contributed by atoms with Gasteiger partial charge in [-0.1, -0.05) is 37.6 Å². The van der Waals surface area contributed by atoms with Crippen molar-refractivity contribution in [1.82, 2.24) is 24.0 Å². The van der Waals surface area contributed by atoms with Gasteiger partial charge in [0.2, 0.25) is 5.79 Å². The van der Waals surface area contributed by atoms with Gasteiger partial charge in [-0.25, -0.2) is 4.98 Å². The predicted molar refractivity (Wildman–Crippen MR) is 203 cm³/mol. The predicted octanol–water partition coefficient (Wildman–Crippen LogP) is 7.14. The van der Waals surface area contributed by atoms with Gasteiger partial charge in [-0.2, -0.15) is 0 Å². The fourth-order valence-corrected chi connectivity index (χ4v) is 7.79. The normalized spacial score (nSPS) is 16.2. The highest BCUT2D eigenvalue weighted by Crippen LogP contribution is 2.38. The number of nitrogens with one attached hydrogen (secondary N) is 1. The lowest BCUT2D eigenvalue weighted by atomic mass is 10.0. The first-order valence-corrected chi connectivity index (χ1v) is 22.8. The summed E-state index contributed by atoms with van der Waals surface area (Å²) in [6.07, 6.45) is 9.11. The fraction of sp³-hybridized carbons (Fsp3) is 0.595. The Morgan fingerprint density at radius 2 is 1.90 bits per heavy atom. The summed E-state index contributed by atoms with van der Waals surface area (Å²) in [5.74, 6) is 0.434. The van der Waals surface area contributed by atoms with E-state index in [2.05, 4.69) is 34.1 Å². The number of hydrogen-bond donors (Lipinski definition) is 1. The summed E-state index contributed by atoms with van der Waals surface area (Å²) in [7, 11) is 0.281. The summed E-state index contributed by atoms with van der Waals surface area (Å²) < 4.78 is 49.7. The zero-order chi connectivity index (χ0) is 36.8. The highest BCUT2D eigenvalue weighted by Gasteiger charge is 2.40. The Morgan fingerprint density at radius 3 is 2.55 bits per heavy atom. The second kappa shape index (κ2) is 16.8. The number of aromatic nitrogens is 4. The first-order chi connectivity index (χ1) is 24.3. The Hall–Kier alpha value is -2.98. The van der Waals surface area contributed by atoms with Gasteiger partial charge in [0.15, 0.2) is 0 Å². The zero-order valence-corrected chi connectivity index (χ0v) is 33.3. The average molecular weight is 742 g/mol. The number of imidazole rings is 1. The fourth-order valence-electron chi connectivity index (χ4n) is 6.20. The van der Waals surface area contributed by atoms with Crippen LogP contribution in [0.25, 0.3) is 22.0 Å². The van der Waals surface area contributed by atoms with Gasteiger partial charge >= 0.3 is 0 Å². The summed E-state index contributed by atoms with van der Waals surface area (Å²) in [4.78, 5) is 18.2. The molecule has 0 saturated carbocycles. The molecular weight excluding hydrogens is 687 g/mol. The minimum Gasteiger partial charge on any atom is -0.598 e. The average Bonchev–Trinajstić information content (AvgIpc) is 3.87. The van der Waals surface area contributed by atoms with Crippen LogP contribution in [0.3, 0.4) is 0 Å². The van der Waals surface area contributed by atoms with Gasteiger partial charge in [0.05, 0.1) is 37.6 Å². The van der Waals surface area contributed by atoms with E-state index in [1.807, 2.05) is 58.3 Å². The van der Waals surface area contributed by atoms with Crippen molar-refractivity contribution in [1.29, 1.82) is 0 Å². The number of pyridine rings is 1. The van der Waals surface area contributed by atoms with Crippen molar-refractivity contribution in [3.8, 4) is 17.0 Å². The SMILES string of the molecule is CCn1ccc2cc(-c3cnc(C(CCCCCC4(c5ccon5)OCCO4)N[S@+]([O-])C(C)(C)C)n3COCC[Si](C)(C)C)c(OC)cc2c1=O. The Kier molecular flexibility index (Phi) is 12.9. The summed E-state index contributed by atoms with van der Waals surface area (Å²) in [5, 5.41) is 5.51. The minimum atomic E-state index is -1.36. The van der Waals surface area contributed by atoms with Crippen LogP contribution >= 0.6 is 0 Å². The molecule has 0 radical (unpaired) electrons. The van der Waals surface area contributed by atoms with E-state index < -0.39 is 30.0 Å². The topological polar surface area (TPSA) is 138 Å². The molecular formula is C37H55N5O7SSi. The van der Waals surface area contributed by atoms with Crippen LogP contribution in [0.1, 0.15) is 77.4 Å². The van der Waals surface area contributed by atoms with Crippen LogP contribution in [0, 0.1) is 0 Å². The van der Waals surface area contributed by atoms with Crippen molar-refractivity contribution in [2.75, 3.05) is 26.9 Å². The lowest BCUT2D eigenvalue weighted by Crippen LogP contribution is -2.42. The van der Waals surface area contributed by atoms with Crippen LogP contribution in [-0.4, -0.2) is 63.6 Å². The zero-order valence-electron chi connectivity index (χ0n) is 31.5. The number of aryl methyl sites for hydroxylation is 1. The molecule has 0 aliphatic carbocycles. The highest BCUT2D eigenvalue weighted by atomic mass is 32.2. The van der Waals surface area contributed by atoms with Gasteiger partial charge < -0.3 is 37.2 Å². The maximum Gasteiger partial charge on any atom is 0.258 e. The molecule has 4 aromatic rings. The van der Waals surface area contributed by atoms with Gasteiger partial charge in [-0.05, 0) is 70.2 Å². The lowest BCUT2D eigenvalue weighted by Gasteiger charge is -2.28. The van der Waals surface area contributed by atoms with Crippen molar-refractivity contribution in [2.24, 2.45) is 0 Å². The third-order valence-electron chi connectivity index (χ3n) is 9.21. The number of fused-ring (bicyclic) bond motifs is 1. The van der Waals surface area contributed by atoms with Crippen molar-refractivity contribution in [3.63, 3.8) is 0 Å². The molecule has 280 valence electrons. The molecule has 51 heavy (non-hydrogen) atoms. The molecule has 1 unspecified atom stereocenters. The number of unbranched alkanes of at least 4 members (excludes halogenated alkanes) is 2. The number of ether oxygens (including phenoxy) is 4. The monoisotopic (exact) mass is 741 g/mol. The van der Waals surface area contributed by atoms with E-state index in [4.69, 9.17) is 28.5 Å². The van der Waals surface area contributed by atoms with E-state index in [9.17, 15) is 9.35 Å².